The zero-order chi connectivity index (χ0) is 18.1. The number of rotatable bonds is 9. The molecule has 1 aromatic rings. The molecule has 0 amide bonds. The van der Waals surface area contributed by atoms with Crippen LogP contribution in [0.15, 0.2) is 29.3 Å². The molecule has 1 aromatic carbocycles. The molecule has 0 aliphatic heterocycles. The molecule has 1 aliphatic rings. The minimum absolute atomic E-state index is 0.00982. The maximum atomic E-state index is 13.2. The van der Waals surface area contributed by atoms with Gasteiger partial charge in [0.15, 0.2) is 5.96 Å². The number of sulfonamides is 1. The van der Waals surface area contributed by atoms with Crippen LogP contribution in [0.1, 0.15) is 31.7 Å². The summed E-state index contributed by atoms with van der Waals surface area (Å²) in [6, 6.07) is 6.26. The zero-order valence-corrected chi connectivity index (χ0v) is 15.4. The van der Waals surface area contributed by atoms with Gasteiger partial charge >= 0.3 is 0 Å². The fourth-order valence-electron chi connectivity index (χ4n) is 2.47. The summed E-state index contributed by atoms with van der Waals surface area (Å²) in [5.41, 5.74) is 0.756. The van der Waals surface area contributed by atoms with Crippen LogP contribution in [0.5, 0.6) is 0 Å². The summed E-state index contributed by atoms with van der Waals surface area (Å²) in [5.74, 6) is 0.701. The van der Waals surface area contributed by atoms with E-state index in [0.29, 0.717) is 31.5 Å². The first kappa shape index (κ1) is 19.7. The molecule has 0 heterocycles. The lowest BCUT2D eigenvalue weighted by atomic mass is 9.86. The molecule has 8 heteroatoms. The van der Waals surface area contributed by atoms with Crippen LogP contribution in [0, 0.1) is 11.7 Å². The number of hydrogen-bond donors (Lipinski definition) is 3. The molecule has 0 spiro atoms. The topological polar surface area (TPSA) is 82.6 Å². The Hall–Kier alpha value is -1.67. The molecule has 0 saturated heterocycles. The van der Waals surface area contributed by atoms with Gasteiger partial charge in [0.2, 0.25) is 10.0 Å². The van der Waals surface area contributed by atoms with Gasteiger partial charge in [-0.15, -0.1) is 0 Å². The average Bonchev–Trinajstić information content (AvgIpc) is 2.51. The minimum atomic E-state index is -3.28. The average molecular weight is 370 g/mol. The summed E-state index contributed by atoms with van der Waals surface area (Å²) >= 11 is 0. The van der Waals surface area contributed by atoms with Crippen molar-refractivity contribution in [2.45, 2.75) is 32.7 Å². The van der Waals surface area contributed by atoms with Crippen molar-refractivity contribution in [3.8, 4) is 0 Å². The molecule has 2 rings (SSSR count). The Bertz CT molecular complexity index is 675. The molecule has 25 heavy (non-hydrogen) atoms. The second-order valence-electron chi connectivity index (χ2n) is 6.22. The number of aliphatic imine (C=N–C) groups is 1. The van der Waals surface area contributed by atoms with Gasteiger partial charge in [-0.1, -0.05) is 18.6 Å². The van der Waals surface area contributed by atoms with Gasteiger partial charge in [-0.3, -0.25) is 0 Å². The summed E-state index contributed by atoms with van der Waals surface area (Å²) in [6.45, 7) is 3.70. The fourth-order valence-corrected chi connectivity index (χ4v) is 3.47. The van der Waals surface area contributed by atoms with Gasteiger partial charge in [0.25, 0.3) is 0 Å². The monoisotopic (exact) mass is 370 g/mol. The predicted octanol–water partition coefficient (Wildman–Crippen LogP) is 1.60. The lowest BCUT2D eigenvalue weighted by Crippen LogP contribution is -2.42. The summed E-state index contributed by atoms with van der Waals surface area (Å²) in [4.78, 5) is 4.35. The van der Waals surface area contributed by atoms with Crippen molar-refractivity contribution < 1.29 is 12.8 Å². The van der Waals surface area contributed by atoms with E-state index in [-0.39, 0.29) is 18.1 Å². The molecule has 140 valence electrons. The lowest BCUT2D eigenvalue weighted by molar-refractivity contribution is 0.316. The van der Waals surface area contributed by atoms with E-state index in [1.54, 1.807) is 12.1 Å². The third kappa shape index (κ3) is 7.39. The van der Waals surface area contributed by atoms with E-state index in [4.69, 9.17) is 0 Å². The number of benzene rings is 1. The van der Waals surface area contributed by atoms with Crippen molar-refractivity contribution in [1.29, 1.82) is 0 Å². The maximum absolute atomic E-state index is 13.2. The number of nitrogens with zero attached hydrogens (tertiary/aromatic N) is 1. The van der Waals surface area contributed by atoms with Crippen LogP contribution < -0.4 is 15.4 Å². The smallest absolute Gasteiger partial charge is 0.213 e. The zero-order valence-electron chi connectivity index (χ0n) is 14.6. The molecule has 0 aromatic heterocycles. The molecular formula is C17H27FN4O2S. The molecular weight excluding hydrogens is 343 g/mol. The second-order valence-corrected chi connectivity index (χ2v) is 8.14. The first-order chi connectivity index (χ1) is 12.0. The van der Waals surface area contributed by atoms with Crippen molar-refractivity contribution in [3.05, 3.63) is 35.6 Å². The van der Waals surface area contributed by atoms with Crippen LogP contribution in [0.2, 0.25) is 0 Å². The lowest BCUT2D eigenvalue weighted by Gasteiger charge is -2.25. The quantitative estimate of drug-likeness (QED) is 0.455. The van der Waals surface area contributed by atoms with Crippen LogP contribution in [0.3, 0.4) is 0 Å². The Morgan fingerprint density at radius 1 is 1.32 bits per heavy atom. The summed E-state index contributed by atoms with van der Waals surface area (Å²) in [5, 5.41) is 6.06. The van der Waals surface area contributed by atoms with Gasteiger partial charge < -0.3 is 10.6 Å². The van der Waals surface area contributed by atoms with Crippen molar-refractivity contribution in [2.75, 3.05) is 25.4 Å². The Morgan fingerprint density at radius 3 is 2.76 bits per heavy atom. The number of guanidine groups is 1. The Labute approximate surface area is 149 Å². The maximum Gasteiger partial charge on any atom is 0.213 e. The van der Waals surface area contributed by atoms with E-state index >= 15 is 0 Å². The third-order valence-corrected chi connectivity index (χ3v) is 5.48. The standard InChI is InChI=1S/C17H27FN4O2S/c1-2-19-17(21-12-15-7-4-8-16(18)11-15)20-9-10-25(23,24)22-13-14-5-3-6-14/h4,7-8,11,14,22H,2-3,5-6,9-10,12-13H2,1H3,(H2,19,20,21). The van der Waals surface area contributed by atoms with E-state index in [9.17, 15) is 12.8 Å². The SMILES string of the molecule is CCNC(=NCc1cccc(F)c1)NCCS(=O)(=O)NCC1CCC1. The highest BCUT2D eigenvalue weighted by molar-refractivity contribution is 7.89. The highest BCUT2D eigenvalue weighted by Gasteiger charge is 2.20. The van der Waals surface area contributed by atoms with Gasteiger partial charge in [0.1, 0.15) is 5.82 Å². The Morgan fingerprint density at radius 2 is 2.12 bits per heavy atom. The van der Waals surface area contributed by atoms with Gasteiger partial charge in [0.05, 0.1) is 12.3 Å². The Kier molecular flexibility index (Phi) is 7.64. The van der Waals surface area contributed by atoms with Gasteiger partial charge in [-0.25, -0.2) is 22.5 Å². The first-order valence-electron chi connectivity index (χ1n) is 8.72. The van der Waals surface area contributed by atoms with Gasteiger partial charge in [0, 0.05) is 19.6 Å². The number of halogens is 1. The summed E-state index contributed by atoms with van der Waals surface area (Å²) in [7, 11) is -3.28. The van der Waals surface area contributed by atoms with Crippen LogP contribution >= 0.6 is 0 Å². The molecule has 0 atom stereocenters. The highest BCUT2D eigenvalue weighted by atomic mass is 32.2. The van der Waals surface area contributed by atoms with Crippen molar-refractivity contribution in [2.24, 2.45) is 10.9 Å². The number of hydrogen-bond acceptors (Lipinski definition) is 3. The molecule has 1 aliphatic carbocycles. The van der Waals surface area contributed by atoms with Crippen molar-refractivity contribution in [1.82, 2.24) is 15.4 Å². The van der Waals surface area contributed by atoms with Crippen LogP contribution in [0.25, 0.3) is 0 Å². The second kappa shape index (κ2) is 9.72. The van der Waals surface area contributed by atoms with Gasteiger partial charge in [-0.2, -0.15) is 0 Å². The van der Waals surface area contributed by atoms with Crippen molar-refractivity contribution >= 4 is 16.0 Å². The van der Waals surface area contributed by atoms with Crippen LogP contribution in [0.4, 0.5) is 4.39 Å². The molecule has 3 N–H and O–H groups in total. The molecule has 1 fully saturated rings. The summed E-state index contributed by atoms with van der Waals surface area (Å²) < 4.78 is 39.8. The molecule has 0 radical (unpaired) electrons. The predicted molar refractivity (Wildman–Crippen MR) is 98.3 cm³/mol. The van der Waals surface area contributed by atoms with E-state index in [1.807, 2.05) is 6.92 Å². The van der Waals surface area contributed by atoms with Crippen molar-refractivity contribution in [3.63, 3.8) is 0 Å². The van der Waals surface area contributed by atoms with E-state index in [1.165, 1.54) is 18.6 Å². The largest absolute Gasteiger partial charge is 0.357 e. The summed E-state index contributed by atoms with van der Waals surface area (Å²) in [6.07, 6.45) is 3.41. The normalized spacial score (nSPS) is 15.7. The third-order valence-electron chi connectivity index (χ3n) is 4.13. The minimum Gasteiger partial charge on any atom is -0.357 e. The molecule has 0 bridgehead atoms. The molecule has 6 nitrogen and oxygen atoms in total. The van der Waals surface area contributed by atoms with E-state index in [0.717, 1.165) is 18.4 Å². The first-order valence-corrected chi connectivity index (χ1v) is 10.4. The van der Waals surface area contributed by atoms with E-state index in [2.05, 4.69) is 20.3 Å². The van der Waals surface area contributed by atoms with Crippen LogP contribution in [-0.4, -0.2) is 39.8 Å². The molecule has 0 unspecified atom stereocenters. The van der Waals surface area contributed by atoms with E-state index < -0.39 is 10.0 Å². The fraction of sp³-hybridized carbons (Fsp3) is 0.588. The number of nitrogens with one attached hydrogen (secondary N) is 3. The Balaban J connectivity index is 1.78. The van der Waals surface area contributed by atoms with Crippen LogP contribution in [-0.2, 0) is 16.6 Å². The highest BCUT2D eigenvalue weighted by Crippen LogP contribution is 2.25. The molecule has 1 saturated carbocycles. The van der Waals surface area contributed by atoms with Gasteiger partial charge in [-0.05, 0) is 43.4 Å².